The summed E-state index contributed by atoms with van der Waals surface area (Å²) in [5, 5.41) is 0. The van der Waals surface area contributed by atoms with Crippen molar-refractivity contribution in [2.45, 2.75) is 39.0 Å². The van der Waals surface area contributed by atoms with E-state index in [2.05, 4.69) is 0 Å². The van der Waals surface area contributed by atoms with E-state index < -0.39 is 0 Å². The molecule has 0 saturated carbocycles. The van der Waals surface area contributed by atoms with E-state index in [4.69, 9.17) is 9.47 Å². The zero-order valence-electron chi connectivity index (χ0n) is 9.87. The molecule has 0 radical (unpaired) electrons. The molecule has 1 aliphatic heterocycles. The predicted molar refractivity (Wildman–Crippen MR) is 59.0 cm³/mol. The molecule has 1 heterocycles. The molecule has 0 bridgehead atoms. The van der Waals surface area contributed by atoms with E-state index in [1.54, 1.807) is 0 Å². The molecular weight excluding hydrogens is 208 g/mol. The molecule has 0 atom stereocenters. The Hall–Kier alpha value is -0.900. The van der Waals surface area contributed by atoms with Crippen molar-refractivity contribution in [3.63, 3.8) is 0 Å². The third kappa shape index (κ3) is 4.75. The molecule has 0 unspecified atom stereocenters. The monoisotopic (exact) mass is 228 g/mol. The Morgan fingerprint density at radius 1 is 1.31 bits per heavy atom. The van der Waals surface area contributed by atoms with Gasteiger partial charge in [-0.3, -0.25) is 9.59 Å². The predicted octanol–water partition coefficient (Wildman–Crippen LogP) is 1.72. The van der Waals surface area contributed by atoms with Gasteiger partial charge in [-0.05, 0) is 19.3 Å². The minimum atomic E-state index is -0.384. The number of carbonyl (C=O) groups is 2. The minimum absolute atomic E-state index is 0.00444. The summed E-state index contributed by atoms with van der Waals surface area (Å²) in [6, 6.07) is 0. The summed E-state index contributed by atoms with van der Waals surface area (Å²) in [6.45, 7) is 3.71. The van der Waals surface area contributed by atoms with Crippen LogP contribution in [-0.2, 0) is 19.1 Å². The molecule has 0 aromatic carbocycles. The molecule has 0 aliphatic carbocycles. The van der Waals surface area contributed by atoms with Crippen molar-refractivity contribution in [3.05, 3.63) is 0 Å². The number of carbonyl (C=O) groups excluding carboxylic acids is 2. The Morgan fingerprint density at radius 2 is 2.00 bits per heavy atom. The fourth-order valence-electron chi connectivity index (χ4n) is 1.69. The molecule has 0 aromatic rings. The lowest BCUT2D eigenvalue weighted by Gasteiger charge is -2.20. The van der Waals surface area contributed by atoms with E-state index in [-0.39, 0.29) is 24.1 Å². The van der Waals surface area contributed by atoms with Crippen LogP contribution >= 0.6 is 0 Å². The van der Waals surface area contributed by atoms with Crippen molar-refractivity contribution >= 4 is 11.8 Å². The Kier molecular flexibility index (Phi) is 6.08. The maximum Gasteiger partial charge on any atom is 0.313 e. The third-order valence-corrected chi connectivity index (χ3v) is 2.76. The standard InChI is InChI=1S/C12H20O4/c1-2-3-6-16-12(14)9-11(13)10-4-7-15-8-5-10/h10H,2-9H2,1H3. The van der Waals surface area contributed by atoms with Gasteiger partial charge in [0.25, 0.3) is 0 Å². The van der Waals surface area contributed by atoms with E-state index in [0.29, 0.717) is 19.8 Å². The lowest BCUT2D eigenvalue weighted by molar-refractivity contribution is -0.147. The second-order valence-corrected chi connectivity index (χ2v) is 4.10. The highest BCUT2D eigenvalue weighted by molar-refractivity contribution is 5.96. The molecule has 1 rings (SSSR count). The second kappa shape index (κ2) is 7.39. The van der Waals surface area contributed by atoms with Crippen molar-refractivity contribution in [2.24, 2.45) is 5.92 Å². The molecule has 4 nitrogen and oxygen atoms in total. The number of unbranched alkanes of at least 4 members (excludes halogenated alkanes) is 1. The van der Waals surface area contributed by atoms with Gasteiger partial charge in [-0.1, -0.05) is 13.3 Å². The van der Waals surface area contributed by atoms with E-state index in [9.17, 15) is 9.59 Å². The fraction of sp³-hybridized carbons (Fsp3) is 0.833. The highest BCUT2D eigenvalue weighted by atomic mass is 16.5. The van der Waals surface area contributed by atoms with Gasteiger partial charge in [0.1, 0.15) is 12.2 Å². The quantitative estimate of drug-likeness (QED) is 0.394. The van der Waals surface area contributed by atoms with Crippen LogP contribution in [0.3, 0.4) is 0 Å². The first-order valence-corrected chi connectivity index (χ1v) is 6.00. The van der Waals surface area contributed by atoms with Crippen molar-refractivity contribution in [1.29, 1.82) is 0 Å². The van der Waals surface area contributed by atoms with Gasteiger partial charge >= 0.3 is 5.97 Å². The van der Waals surface area contributed by atoms with Crippen LogP contribution in [0.15, 0.2) is 0 Å². The smallest absolute Gasteiger partial charge is 0.313 e. The maximum absolute atomic E-state index is 11.7. The fourth-order valence-corrected chi connectivity index (χ4v) is 1.69. The Morgan fingerprint density at radius 3 is 2.62 bits per heavy atom. The van der Waals surface area contributed by atoms with E-state index in [0.717, 1.165) is 25.7 Å². The summed E-state index contributed by atoms with van der Waals surface area (Å²) in [7, 11) is 0. The van der Waals surface area contributed by atoms with Crippen LogP contribution in [0.1, 0.15) is 39.0 Å². The van der Waals surface area contributed by atoms with Gasteiger partial charge in [0.15, 0.2) is 0 Å². The highest BCUT2D eigenvalue weighted by Gasteiger charge is 2.23. The molecule has 92 valence electrons. The maximum atomic E-state index is 11.7. The van der Waals surface area contributed by atoms with Gasteiger partial charge in [-0.15, -0.1) is 0 Å². The molecule has 1 fully saturated rings. The van der Waals surface area contributed by atoms with Crippen LogP contribution in [0, 0.1) is 5.92 Å². The van der Waals surface area contributed by atoms with Crippen molar-refractivity contribution < 1.29 is 19.1 Å². The van der Waals surface area contributed by atoms with E-state index in [1.807, 2.05) is 6.92 Å². The summed E-state index contributed by atoms with van der Waals surface area (Å²) in [4.78, 5) is 23.0. The minimum Gasteiger partial charge on any atom is -0.465 e. The van der Waals surface area contributed by atoms with Gasteiger partial charge in [0.2, 0.25) is 0 Å². The number of hydrogen-bond donors (Lipinski definition) is 0. The number of ether oxygens (including phenoxy) is 2. The van der Waals surface area contributed by atoms with Gasteiger partial charge in [-0.25, -0.2) is 0 Å². The zero-order chi connectivity index (χ0) is 11.8. The second-order valence-electron chi connectivity index (χ2n) is 4.10. The van der Waals surface area contributed by atoms with Gasteiger partial charge in [0.05, 0.1) is 6.61 Å². The molecule has 4 heteroatoms. The van der Waals surface area contributed by atoms with Crippen molar-refractivity contribution in [2.75, 3.05) is 19.8 Å². The average molecular weight is 228 g/mol. The van der Waals surface area contributed by atoms with E-state index in [1.165, 1.54) is 0 Å². The Balaban J connectivity index is 2.19. The van der Waals surface area contributed by atoms with Crippen LogP contribution in [0.2, 0.25) is 0 Å². The van der Waals surface area contributed by atoms with Gasteiger partial charge < -0.3 is 9.47 Å². The molecule has 0 aromatic heterocycles. The topological polar surface area (TPSA) is 52.6 Å². The molecule has 0 N–H and O–H groups in total. The molecule has 0 spiro atoms. The molecule has 0 amide bonds. The third-order valence-electron chi connectivity index (χ3n) is 2.76. The Bertz CT molecular complexity index is 231. The summed E-state index contributed by atoms with van der Waals surface area (Å²) in [6.07, 6.45) is 3.24. The van der Waals surface area contributed by atoms with Crippen LogP contribution in [-0.4, -0.2) is 31.6 Å². The van der Waals surface area contributed by atoms with Crippen molar-refractivity contribution in [1.82, 2.24) is 0 Å². The normalized spacial score (nSPS) is 17.1. The lowest BCUT2D eigenvalue weighted by atomic mass is 9.94. The van der Waals surface area contributed by atoms with Gasteiger partial charge in [-0.2, -0.15) is 0 Å². The summed E-state index contributed by atoms with van der Waals surface area (Å²) >= 11 is 0. The number of hydrogen-bond acceptors (Lipinski definition) is 4. The molecular formula is C12H20O4. The average Bonchev–Trinajstić information content (AvgIpc) is 2.30. The SMILES string of the molecule is CCCCOC(=O)CC(=O)C1CCOCC1. The largest absolute Gasteiger partial charge is 0.465 e. The number of rotatable bonds is 6. The number of esters is 1. The lowest BCUT2D eigenvalue weighted by Crippen LogP contribution is -2.25. The first-order chi connectivity index (χ1) is 7.74. The van der Waals surface area contributed by atoms with Crippen LogP contribution in [0.5, 0.6) is 0 Å². The van der Waals surface area contributed by atoms with E-state index >= 15 is 0 Å². The van der Waals surface area contributed by atoms with Crippen LogP contribution in [0.25, 0.3) is 0 Å². The first-order valence-electron chi connectivity index (χ1n) is 6.00. The summed E-state index contributed by atoms with van der Waals surface area (Å²) in [5.41, 5.74) is 0. The summed E-state index contributed by atoms with van der Waals surface area (Å²) in [5.74, 6) is -0.387. The highest BCUT2D eigenvalue weighted by Crippen LogP contribution is 2.17. The molecule has 1 aliphatic rings. The van der Waals surface area contributed by atoms with Crippen molar-refractivity contribution in [3.8, 4) is 0 Å². The number of Topliss-reactive ketones (excluding diaryl/α,β-unsaturated/α-hetero) is 1. The zero-order valence-corrected chi connectivity index (χ0v) is 9.87. The van der Waals surface area contributed by atoms with Crippen LogP contribution < -0.4 is 0 Å². The molecule has 1 saturated heterocycles. The molecule has 16 heavy (non-hydrogen) atoms. The number of ketones is 1. The Labute approximate surface area is 96.3 Å². The first kappa shape index (κ1) is 13.2. The summed E-state index contributed by atoms with van der Waals surface area (Å²) < 4.78 is 10.1. The van der Waals surface area contributed by atoms with Crippen LogP contribution in [0.4, 0.5) is 0 Å². The van der Waals surface area contributed by atoms with Gasteiger partial charge in [0, 0.05) is 19.1 Å².